The average molecular weight is 330 g/mol. The summed E-state index contributed by atoms with van der Waals surface area (Å²) in [5.41, 5.74) is 0.971. The topological polar surface area (TPSA) is 96.3 Å². The number of nitrogens with zero attached hydrogens (tertiary/aromatic N) is 2. The van der Waals surface area contributed by atoms with Crippen LogP contribution in [0.15, 0.2) is 39.4 Å². The van der Waals surface area contributed by atoms with Gasteiger partial charge in [0.1, 0.15) is 5.56 Å². The minimum atomic E-state index is -0.437. The van der Waals surface area contributed by atoms with E-state index in [-0.39, 0.29) is 11.1 Å². The summed E-state index contributed by atoms with van der Waals surface area (Å²) in [6.07, 6.45) is 1.94. The van der Waals surface area contributed by atoms with Crippen LogP contribution in [0, 0.1) is 6.92 Å². The molecule has 0 aliphatic heterocycles. The first-order valence-electron chi connectivity index (χ1n) is 6.99. The summed E-state index contributed by atoms with van der Waals surface area (Å²) in [5, 5.41) is 4.54. The zero-order valence-corrected chi connectivity index (χ0v) is 13.1. The van der Waals surface area contributed by atoms with Crippen molar-refractivity contribution in [3.05, 3.63) is 67.4 Å². The molecule has 8 heteroatoms. The highest BCUT2D eigenvalue weighted by atomic mass is 32.1. The molecule has 0 saturated heterocycles. The summed E-state index contributed by atoms with van der Waals surface area (Å²) in [5.74, 6) is -0.437. The number of H-pyrrole nitrogens is 1. The third kappa shape index (κ3) is 3.07. The molecule has 0 aromatic carbocycles. The molecule has 0 bridgehead atoms. The number of hydrogen-bond donors (Lipinski definition) is 2. The number of hydrogen-bond acceptors (Lipinski definition) is 5. The molecule has 3 heterocycles. The van der Waals surface area contributed by atoms with Crippen molar-refractivity contribution in [3.8, 4) is 0 Å². The van der Waals surface area contributed by atoms with E-state index in [1.54, 1.807) is 17.4 Å². The highest BCUT2D eigenvalue weighted by Gasteiger charge is 2.11. The lowest BCUT2D eigenvalue weighted by Gasteiger charge is -2.05. The van der Waals surface area contributed by atoms with Gasteiger partial charge in [-0.3, -0.25) is 18.8 Å². The maximum Gasteiger partial charge on any atom is 0.260 e. The highest BCUT2D eigenvalue weighted by Crippen LogP contribution is 2.12. The number of nitrogens with one attached hydrogen (secondary N) is 2. The quantitative estimate of drug-likeness (QED) is 0.737. The first kappa shape index (κ1) is 15.2. The Morgan fingerprint density at radius 3 is 3.04 bits per heavy atom. The van der Waals surface area contributed by atoms with Crippen LogP contribution in [0.2, 0.25) is 0 Å². The van der Waals surface area contributed by atoms with Crippen molar-refractivity contribution in [1.29, 1.82) is 0 Å². The van der Waals surface area contributed by atoms with Gasteiger partial charge < -0.3 is 10.3 Å². The van der Waals surface area contributed by atoms with Crippen LogP contribution in [0.5, 0.6) is 0 Å². The Morgan fingerprint density at radius 2 is 2.26 bits per heavy atom. The Morgan fingerprint density at radius 1 is 1.43 bits per heavy atom. The van der Waals surface area contributed by atoms with Crippen LogP contribution in [0.3, 0.4) is 0 Å². The fourth-order valence-electron chi connectivity index (χ4n) is 2.26. The standard InChI is InChI=1S/C15H14N4O3S/c1-9-7-12(20)19-10(8-23-15(19)18-9)4-6-17-14(22)11-3-2-5-16-13(11)21/h2-3,5,7-8H,4,6H2,1H3,(H,16,21)(H,17,22). The van der Waals surface area contributed by atoms with Gasteiger partial charge in [-0.1, -0.05) is 0 Å². The molecule has 2 N–H and O–H groups in total. The second kappa shape index (κ2) is 6.17. The van der Waals surface area contributed by atoms with Crippen molar-refractivity contribution >= 4 is 22.2 Å². The molecule has 7 nitrogen and oxygen atoms in total. The Bertz CT molecular complexity index is 986. The van der Waals surface area contributed by atoms with Gasteiger partial charge >= 0.3 is 0 Å². The van der Waals surface area contributed by atoms with Crippen molar-refractivity contribution < 1.29 is 4.79 Å². The van der Waals surface area contributed by atoms with Gasteiger partial charge in [-0.15, -0.1) is 11.3 Å². The number of fused-ring (bicyclic) bond motifs is 1. The van der Waals surface area contributed by atoms with E-state index in [2.05, 4.69) is 15.3 Å². The van der Waals surface area contributed by atoms with Gasteiger partial charge in [-0.25, -0.2) is 4.98 Å². The lowest BCUT2D eigenvalue weighted by Crippen LogP contribution is -2.31. The number of aryl methyl sites for hydroxylation is 1. The molecule has 118 valence electrons. The molecule has 0 spiro atoms. The SMILES string of the molecule is Cc1cc(=O)n2c(CCNC(=O)c3ccc[nH]c3=O)csc2n1. The zero-order chi connectivity index (χ0) is 16.4. The van der Waals surface area contributed by atoms with Gasteiger partial charge in [0.05, 0.1) is 0 Å². The molecule has 23 heavy (non-hydrogen) atoms. The molecule has 0 aliphatic carbocycles. The number of thiazole rings is 1. The summed E-state index contributed by atoms with van der Waals surface area (Å²) in [4.78, 5) is 42.9. The Labute approximate surface area is 134 Å². The van der Waals surface area contributed by atoms with Crippen LogP contribution in [-0.2, 0) is 6.42 Å². The molecule has 0 saturated carbocycles. The predicted molar refractivity (Wildman–Crippen MR) is 87.2 cm³/mol. The van der Waals surface area contributed by atoms with Gasteiger partial charge in [-0.05, 0) is 19.1 Å². The molecule has 1 amide bonds. The van der Waals surface area contributed by atoms with Crippen molar-refractivity contribution in [1.82, 2.24) is 19.7 Å². The van der Waals surface area contributed by atoms with Crippen LogP contribution in [0.4, 0.5) is 0 Å². The van der Waals surface area contributed by atoms with Gasteiger partial charge in [0.25, 0.3) is 17.0 Å². The van der Waals surface area contributed by atoms with Gasteiger partial charge in [-0.2, -0.15) is 0 Å². The number of carbonyl (C=O) groups excluding carboxylic acids is 1. The minimum Gasteiger partial charge on any atom is -0.351 e. The lowest BCUT2D eigenvalue weighted by atomic mass is 10.2. The third-order valence-corrected chi connectivity index (χ3v) is 4.21. The van der Waals surface area contributed by atoms with Gasteiger partial charge in [0.2, 0.25) is 0 Å². The van der Waals surface area contributed by atoms with E-state index >= 15 is 0 Å². The van der Waals surface area contributed by atoms with Crippen molar-refractivity contribution in [3.63, 3.8) is 0 Å². The minimum absolute atomic E-state index is 0.0668. The fourth-order valence-corrected chi connectivity index (χ4v) is 3.23. The number of amides is 1. The van der Waals surface area contributed by atoms with Crippen LogP contribution in [-0.4, -0.2) is 26.8 Å². The molecule has 3 aromatic heterocycles. The number of carbonyl (C=O) groups is 1. The van der Waals surface area contributed by atoms with Gasteiger partial charge in [0, 0.05) is 42.0 Å². The largest absolute Gasteiger partial charge is 0.351 e. The third-order valence-electron chi connectivity index (χ3n) is 3.33. The molecule has 0 aliphatic rings. The van der Waals surface area contributed by atoms with Crippen molar-refractivity contribution in [2.75, 3.05) is 6.54 Å². The summed E-state index contributed by atoms with van der Waals surface area (Å²) in [7, 11) is 0. The second-order valence-electron chi connectivity index (χ2n) is 5.00. The summed E-state index contributed by atoms with van der Waals surface area (Å²) in [6, 6.07) is 4.53. The first-order chi connectivity index (χ1) is 11.1. The van der Waals surface area contributed by atoms with Gasteiger partial charge in [0.15, 0.2) is 4.96 Å². The van der Waals surface area contributed by atoms with E-state index in [0.717, 1.165) is 5.69 Å². The van der Waals surface area contributed by atoms with Crippen LogP contribution < -0.4 is 16.4 Å². The molecule has 0 unspecified atom stereocenters. The fraction of sp³-hybridized carbons (Fsp3) is 0.200. The summed E-state index contributed by atoms with van der Waals surface area (Å²) in [6.45, 7) is 2.09. The van der Waals surface area contributed by atoms with E-state index in [4.69, 9.17) is 0 Å². The maximum atomic E-state index is 12.0. The maximum absolute atomic E-state index is 12.0. The first-order valence-corrected chi connectivity index (χ1v) is 7.87. The zero-order valence-electron chi connectivity index (χ0n) is 12.3. The molecule has 0 radical (unpaired) electrons. The monoisotopic (exact) mass is 330 g/mol. The van der Waals surface area contributed by atoms with Crippen molar-refractivity contribution in [2.24, 2.45) is 0 Å². The lowest BCUT2D eigenvalue weighted by molar-refractivity contribution is 0.0952. The molecule has 0 fully saturated rings. The Kier molecular flexibility index (Phi) is 4.07. The van der Waals surface area contributed by atoms with E-state index in [0.29, 0.717) is 23.6 Å². The normalized spacial score (nSPS) is 10.8. The van der Waals surface area contributed by atoms with E-state index in [1.165, 1.54) is 29.7 Å². The van der Waals surface area contributed by atoms with E-state index in [1.807, 2.05) is 5.38 Å². The van der Waals surface area contributed by atoms with E-state index in [9.17, 15) is 14.4 Å². The van der Waals surface area contributed by atoms with Crippen LogP contribution in [0.1, 0.15) is 21.7 Å². The Balaban J connectivity index is 1.72. The number of rotatable bonds is 4. The molecular formula is C15H14N4O3S. The van der Waals surface area contributed by atoms with Crippen LogP contribution in [0.25, 0.3) is 4.96 Å². The van der Waals surface area contributed by atoms with E-state index < -0.39 is 11.5 Å². The Hall–Kier alpha value is -2.74. The molecule has 3 rings (SSSR count). The number of aromatic nitrogens is 3. The predicted octanol–water partition coefficient (Wildman–Crippen LogP) is 0.725. The average Bonchev–Trinajstić information content (AvgIpc) is 2.90. The molecular weight excluding hydrogens is 316 g/mol. The smallest absolute Gasteiger partial charge is 0.260 e. The number of aromatic amines is 1. The number of pyridine rings is 1. The summed E-state index contributed by atoms with van der Waals surface area (Å²) < 4.78 is 1.54. The second-order valence-corrected chi connectivity index (χ2v) is 5.84. The summed E-state index contributed by atoms with van der Waals surface area (Å²) >= 11 is 1.38. The molecule has 3 aromatic rings. The highest BCUT2D eigenvalue weighted by molar-refractivity contribution is 7.15. The van der Waals surface area contributed by atoms with Crippen LogP contribution >= 0.6 is 11.3 Å². The molecule has 0 atom stereocenters. The van der Waals surface area contributed by atoms with Crippen molar-refractivity contribution in [2.45, 2.75) is 13.3 Å².